The van der Waals surface area contributed by atoms with Crippen LogP contribution in [-0.4, -0.2) is 40.5 Å². The summed E-state index contributed by atoms with van der Waals surface area (Å²) in [5, 5.41) is 5.47. The van der Waals surface area contributed by atoms with E-state index < -0.39 is 0 Å². The normalized spacial score (nSPS) is 24.4. The monoisotopic (exact) mass is 278 g/mol. The Morgan fingerprint density at radius 1 is 1.42 bits per heavy atom. The first-order valence-corrected chi connectivity index (χ1v) is 7.93. The Labute approximate surface area is 118 Å². The van der Waals surface area contributed by atoms with E-state index in [1.165, 1.54) is 31.4 Å². The first-order chi connectivity index (χ1) is 9.26. The highest BCUT2D eigenvalue weighted by atomic mass is 32.1. The number of thiazole rings is 1. The van der Waals surface area contributed by atoms with Crippen LogP contribution in [-0.2, 0) is 6.54 Å². The SMILES string of the molecule is CNC1CCC(N(C)Cc2cn3ccsc3n2)CC1. The van der Waals surface area contributed by atoms with Crippen molar-refractivity contribution in [2.45, 2.75) is 44.3 Å². The minimum Gasteiger partial charge on any atom is -0.317 e. The van der Waals surface area contributed by atoms with E-state index >= 15 is 0 Å². The molecule has 2 heterocycles. The molecule has 2 aromatic heterocycles. The minimum absolute atomic E-state index is 0.712. The van der Waals surface area contributed by atoms with Crippen LogP contribution in [0.15, 0.2) is 17.8 Å². The zero-order valence-corrected chi connectivity index (χ0v) is 12.5. The lowest BCUT2D eigenvalue weighted by Crippen LogP contribution is -2.39. The van der Waals surface area contributed by atoms with E-state index in [4.69, 9.17) is 0 Å². The molecule has 0 spiro atoms. The fraction of sp³-hybridized carbons (Fsp3) is 0.643. The Bertz CT molecular complexity index is 496. The summed E-state index contributed by atoms with van der Waals surface area (Å²) in [6, 6.07) is 1.44. The number of nitrogens with one attached hydrogen (secondary N) is 1. The molecule has 104 valence electrons. The van der Waals surface area contributed by atoms with Gasteiger partial charge in [0.1, 0.15) is 0 Å². The van der Waals surface area contributed by atoms with Gasteiger partial charge in [-0.05, 0) is 39.8 Å². The summed E-state index contributed by atoms with van der Waals surface area (Å²) < 4.78 is 2.12. The summed E-state index contributed by atoms with van der Waals surface area (Å²) in [6.07, 6.45) is 9.41. The molecule has 0 unspecified atom stereocenters. The van der Waals surface area contributed by atoms with Gasteiger partial charge in [0.05, 0.1) is 5.69 Å². The number of hydrogen-bond donors (Lipinski definition) is 1. The van der Waals surface area contributed by atoms with Crippen LogP contribution in [0.4, 0.5) is 0 Å². The largest absolute Gasteiger partial charge is 0.317 e. The number of rotatable bonds is 4. The predicted molar refractivity (Wildman–Crippen MR) is 79.6 cm³/mol. The van der Waals surface area contributed by atoms with Crippen molar-refractivity contribution in [3.05, 3.63) is 23.5 Å². The maximum absolute atomic E-state index is 4.67. The molecule has 2 aromatic rings. The second-order valence-corrected chi connectivity index (χ2v) is 6.41. The van der Waals surface area contributed by atoms with Gasteiger partial charge in [-0.2, -0.15) is 0 Å². The molecule has 1 aliphatic carbocycles. The van der Waals surface area contributed by atoms with Crippen LogP contribution in [0.1, 0.15) is 31.4 Å². The molecule has 0 atom stereocenters. The van der Waals surface area contributed by atoms with Gasteiger partial charge in [-0.15, -0.1) is 11.3 Å². The molecule has 0 aliphatic heterocycles. The van der Waals surface area contributed by atoms with Crippen molar-refractivity contribution in [2.24, 2.45) is 0 Å². The van der Waals surface area contributed by atoms with E-state index in [2.05, 4.69) is 51.5 Å². The zero-order valence-electron chi connectivity index (χ0n) is 11.7. The van der Waals surface area contributed by atoms with Crippen molar-refractivity contribution in [3.63, 3.8) is 0 Å². The highest BCUT2D eigenvalue weighted by Crippen LogP contribution is 2.23. The van der Waals surface area contributed by atoms with Crippen LogP contribution in [0, 0.1) is 0 Å². The summed E-state index contributed by atoms with van der Waals surface area (Å²) >= 11 is 1.70. The number of nitrogens with zero attached hydrogens (tertiary/aromatic N) is 3. The van der Waals surface area contributed by atoms with Crippen molar-refractivity contribution < 1.29 is 0 Å². The van der Waals surface area contributed by atoms with Crippen molar-refractivity contribution in [1.29, 1.82) is 0 Å². The Kier molecular flexibility index (Phi) is 3.86. The third-order valence-electron chi connectivity index (χ3n) is 4.28. The maximum atomic E-state index is 4.67. The molecule has 1 N–H and O–H groups in total. The molecule has 1 fully saturated rings. The Morgan fingerprint density at radius 2 is 2.21 bits per heavy atom. The van der Waals surface area contributed by atoms with Crippen LogP contribution < -0.4 is 5.32 Å². The Hall–Kier alpha value is -0.910. The fourth-order valence-corrected chi connectivity index (χ4v) is 3.76. The smallest absolute Gasteiger partial charge is 0.193 e. The second-order valence-electron chi connectivity index (χ2n) is 5.53. The van der Waals surface area contributed by atoms with Gasteiger partial charge in [0.15, 0.2) is 4.96 Å². The lowest BCUT2D eigenvalue weighted by Gasteiger charge is -2.34. The lowest BCUT2D eigenvalue weighted by molar-refractivity contribution is 0.168. The van der Waals surface area contributed by atoms with Crippen LogP contribution in [0.2, 0.25) is 0 Å². The van der Waals surface area contributed by atoms with Gasteiger partial charge in [0.2, 0.25) is 0 Å². The number of fused-ring (bicyclic) bond motifs is 1. The third kappa shape index (κ3) is 2.83. The van der Waals surface area contributed by atoms with Crippen molar-refractivity contribution in [1.82, 2.24) is 19.6 Å². The first-order valence-electron chi connectivity index (χ1n) is 7.05. The Balaban J connectivity index is 1.59. The molecule has 1 aliphatic rings. The third-order valence-corrected chi connectivity index (χ3v) is 5.05. The highest BCUT2D eigenvalue weighted by molar-refractivity contribution is 7.15. The van der Waals surface area contributed by atoms with Gasteiger partial charge >= 0.3 is 0 Å². The van der Waals surface area contributed by atoms with E-state index in [1.807, 2.05) is 0 Å². The molecule has 0 amide bonds. The number of aromatic nitrogens is 2. The van der Waals surface area contributed by atoms with Crippen LogP contribution in [0.25, 0.3) is 4.96 Å². The molecular weight excluding hydrogens is 256 g/mol. The molecular formula is C14H22N4S. The second kappa shape index (κ2) is 5.61. The molecule has 0 radical (unpaired) electrons. The van der Waals surface area contributed by atoms with Crippen LogP contribution in [0.3, 0.4) is 0 Å². The average Bonchev–Trinajstić information content (AvgIpc) is 2.99. The topological polar surface area (TPSA) is 32.6 Å². The quantitative estimate of drug-likeness (QED) is 0.932. The average molecular weight is 278 g/mol. The summed E-state index contributed by atoms with van der Waals surface area (Å²) in [4.78, 5) is 8.24. The van der Waals surface area contributed by atoms with Gasteiger partial charge in [0, 0.05) is 36.4 Å². The lowest BCUT2D eigenvalue weighted by atomic mass is 9.90. The molecule has 0 bridgehead atoms. The molecule has 3 rings (SSSR count). The predicted octanol–water partition coefficient (Wildman–Crippen LogP) is 2.36. The van der Waals surface area contributed by atoms with E-state index in [1.54, 1.807) is 11.3 Å². The standard InChI is InChI=1S/C14H22N4S/c1-15-11-3-5-13(6-4-11)17(2)9-12-10-18-7-8-19-14(18)16-12/h7-8,10-11,13,15H,3-6,9H2,1-2H3. The van der Waals surface area contributed by atoms with Crippen molar-refractivity contribution >= 4 is 16.3 Å². The van der Waals surface area contributed by atoms with Gasteiger partial charge in [0.25, 0.3) is 0 Å². The summed E-state index contributed by atoms with van der Waals surface area (Å²) in [5.74, 6) is 0. The van der Waals surface area contributed by atoms with Crippen molar-refractivity contribution in [3.8, 4) is 0 Å². The van der Waals surface area contributed by atoms with E-state index in [-0.39, 0.29) is 0 Å². The van der Waals surface area contributed by atoms with Gasteiger partial charge < -0.3 is 5.32 Å². The minimum atomic E-state index is 0.712. The van der Waals surface area contributed by atoms with Gasteiger partial charge in [-0.1, -0.05) is 0 Å². The van der Waals surface area contributed by atoms with E-state index in [0.717, 1.165) is 17.5 Å². The van der Waals surface area contributed by atoms with Crippen LogP contribution in [0.5, 0.6) is 0 Å². The van der Waals surface area contributed by atoms with Crippen molar-refractivity contribution in [2.75, 3.05) is 14.1 Å². The van der Waals surface area contributed by atoms with E-state index in [0.29, 0.717) is 6.04 Å². The first kappa shape index (κ1) is 13.1. The molecule has 0 aromatic carbocycles. The van der Waals surface area contributed by atoms with Gasteiger partial charge in [-0.25, -0.2) is 4.98 Å². The summed E-state index contributed by atoms with van der Waals surface area (Å²) in [5.41, 5.74) is 1.19. The highest BCUT2D eigenvalue weighted by Gasteiger charge is 2.23. The van der Waals surface area contributed by atoms with E-state index in [9.17, 15) is 0 Å². The molecule has 4 nitrogen and oxygen atoms in total. The summed E-state index contributed by atoms with van der Waals surface area (Å²) in [6.45, 7) is 0.962. The Morgan fingerprint density at radius 3 is 2.89 bits per heavy atom. The number of imidazole rings is 1. The molecule has 5 heteroatoms. The van der Waals surface area contributed by atoms with Crippen LogP contribution >= 0.6 is 11.3 Å². The summed E-state index contributed by atoms with van der Waals surface area (Å²) in [7, 11) is 4.31. The fourth-order valence-electron chi connectivity index (χ4n) is 3.04. The maximum Gasteiger partial charge on any atom is 0.193 e. The molecule has 0 saturated heterocycles. The number of hydrogen-bond acceptors (Lipinski definition) is 4. The van der Waals surface area contributed by atoms with Gasteiger partial charge in [-0.3, -0.25) is 9.30 Å². The zero-order chi connectivity index (χ0) is 13.2. The molecule has 19 heavy (non-hydrogen) atoms. The molecule has 1 saturated carbocycles.